The molecule has 1 aromatic heterocycles. The van der Waals surface area contributed by atoms with E-state index in [9.17, 15) is 4.79 Å². The molecule has 1 aliphatic rings. The van der Waals surface area contributed by atoms with Crippen molar-refractivity contribution in [3.05, 3.63) is 20.8 Å². The highest BCUT2D eigenvalue weighted by Gasteiger charge is 2.43. The molecule has 0 unspecified atom stereocenters. The van der Waals surface area contributed by atoms with Gasteiger partial charge in [-0.3, -0.25) is 4.79 Å². The van der Waals surface area contributed by atoms with Crippen molar-refractivity contribution in [3.63, 3.8) is 0 Å². The maximum absolute atomic E-state index is 11.7. The lowest BCUT2D eigenvalue weighted by Crippen LogP contribution is -2.37. The minimum atomic E-state index is 0.0314. The van der Waals surface area contributed by atoms with Gasteiger partial charge in [0.1, 0.15) is 0 Å². The molecular weight excluding hydrogens is 330 g/mol. The lowest BCUT2D eigenvalue weighted by Gasteiger charge is -2.12. The first-order chi connectivity index (χ1) is 6.65. The van der Waals surface area contributed by atoms with Gasteiger partial charge in [-0.05, 0) is 34.8 Å². The van der Waals surface area contributed by atoms with Crippen molar-refractivity contribution in [2.24, 2.45) is 0 Å². The second kappa shape index (κ2) is 3.94. The molecule has 14 heavy (non-hydrogen) atoms. The van der Waals surface area contributed by atoms with Gasteiger partial charge in [0.2, 0.25) is 0 Å². The van der Waals surface area contributed by atoms with Gasteiger partial charge >= 0.3 is 0 Å². The molecule has 1 heterocycles. The number of carbonyl (C=O) groups is 1. The fraction of sp³-hybridized carbons (Fsp3) is 0.444. The van der Waals surface area contributed by atoms with Crippen molar-refractivity contribution >= 4 is 49.1 Å². The Morgan fingerprint density at radius 2 is 2.36 bits per heavy atom. The molecule has 1 aromatic rings. The highest BCUT2D eigenvalue weighted by molar-refractivity contribution is 9.11. The molecule has 0 aromatic carbocycles. The van der Waals surface area contributed by atoms with Crippen LogP contribution in [0.5, 0.6) is 0 Å². The predicted molar refractivity (Wildman–Crippen MR) is 65.2 cm³/mol. The van der Waals surface area contributed by atoms with Crippen LogP contribution in [0, 0.1) is 0 Å². The van der Waals surface area contributed by atoms with E-state index in [4.69, 9.17) is 0 Å². The van der Waals surface area contributed by atoms with E-state index in [0.717, 1.165) is 27.5 Å². The molecule has 0 saturated heterocycles. The van der Waals surface area contributed by atoms with Gasteiger partial charge < -0.3 is 5.32 Å². The van der Waals surface area contributed by atoms with Crippen molar-refractivity contribution in [3.8, 4) is 0 Å². The summed E-state index contributed by atoms with van der Waals surface area (Å²) >= 11 is 8.29. The Labute approximate surface area is 103 Å². The zero-order valence-electron chi connectivity index (χ0n) is 7.35. The van der Waals surface area contributed by atoms with Crippen LogP contribution in [0.25, 0.3) is 0 Å². The zero-order valence-corrected chi connectivity index (χ0v) is 11.3. The molecule has 1 amide bonds. The van der Waals surface area contributed by atoms with Crippen molar-refractivity contribution in [2.45, 2.75) is 18.4 Å². The summed E-state index contributed by atoms with van der Waals surface area (Å²) in [4.78, 5) is 11.7. The number of amides is 1. The highest BCUT2D eigenvalue weighted by Crippen LogP contribution is 2.37. The minimum absolute atomic E-state index is 0.0314. The molecule has 2 nitrogen and oxygen atoms in total. The molecule has 0 spiro atoms. The van der Waals surface area contributed by atoms with E-state index >= 15 is 0 Å². The monoisotopic (exact) mass is 337 g/mol. The van der Waals surface area contributed by atoms with Gasteiger partial charge in [0, 0.05) is 10.7 Å². The molecule has 1 aliphatic carbocycles. The summed E-state index contributed by atoms with van der Waals surface area (Å²) in [6.07, 6.45) is 2.16. The van der Waals surface area contributed by atoms with E-state index in [-0.39, 0.29) is 11.4 Å². The summed E-state index contributed by atoms with van der Waals surface area (Å²) in [5.74, 6) is 0.0314. The lowest BCUT2D eigenvalue weighted by molar-refractivity contribution is 0.0937. The molecule has 76 valence electrons. The summed E-state index contributed by atoms with van der Waals surface area (Å²) < 4.78 is 0.992. The highest BCUT2D eigenvalue weighted by atomic mass is 79.9. The first-order valence-electron chi connectivity index (χ1n) is 4.28. The van der Waals surface area contributed by atoms with Gasteiger partial charge in [0.15, 0.2) is 0 Å². The van der Waals surface area contributed by atoms with E-state index < -0.39 is 0 Å². The van der Waals surface area contributed by atoms with Gasteiger partial charge in [0.25, 0.3) is 5.91 Å². The molecule has 2 rings (SSSR count). The second-order valence-electron chi connectivity index (χ2n) is 3.51. The summed E-state index contributed by atoms with van der Waals surface area (Å²) in [5, 5.41) is 5.76. The van der Waals surface area contributed by atoms with Crippen LogP contribution in [0.3, 0.4) is 0 Å². The Balaban J connectivity index is 2.03. The van der Waals surface area contributed by atoms with Gasteiger partial charge in [-0.25, -0.2) is 0 Å². The van der Waals surface area contributed by atoms with Crippen molar-refractivity contribution < 1.29 is 4.79 Å². The van der Waals surface area contributed by atoms with Gasteiger partial charge in [-0.2, -0.15) is 0 Å². The lowest BCUT2D eigenvalue weighted by atomic mass is 10.2. The molecule has 5 heteroatoms. The van der Waals surface area contributed by atoms with Crippen LogP contribution >= 0.6 is 43.2 Å². The van der Waals surface area contributed by atoms with Crippen LogP contribution in [0.2, 0.25) is 0 Å². The average Bonchev–Trinajstić information content (AvgIpc) is 2.80. The number of carbonyl (C=O) groups excluding carboxylic acids is 1. The van der Waals surface area contributed by atoms with Crippen molar-refractivity contribution in [1.29, 1.82) is 0 Å². The Morgan fingerprint density at radius 1 is 1.64 bits per heavy atom. The first-order valence-corrected chi connectivity index (χ1v) is 7.07. The number of halogens is 2. The molecule has 0 atom stereocenters. The Kier molecular flexibility index (Phi) is 3.00. The minimum Gasteiger partial charge on any atom is -0.346 e. The fourth-order valence-corrected chi connectivity index (χ4v) is 3.02. The van der Waals surface area contributed by atoms with E-state index in [1.807, 2.05) is 11.4 Å². The Morgan fingerprint density at radius 3 is 2.79 bits per heavy atom. The number of alkyl halides is 1. The van der Waals surface area contributed by atoms with Gasteiger partial charge in [-0.15, -0.1) is 11.3 Å². The first kappa shape index (κ1) is 10.6. The number of hydrogen-bond acceptors (Lipinski definition) is 2. The molecule has 0 aliphatic heterocycles. The van der Waals surface area contributed by atoms with Gasteiger partial charge in [-0.1, -0.05) is 15.9 Å². The third kappa shape index (κ3) is 2.20. The number of rotatable bonds is 3. The van der Waals surface area contributed by atoms with Crippen LogP contribution in [-0.2, 0) is 0 Å². The normalized spacial score (nSPS) is 17.9. The number of hydrogen-bond donors (Lipinski definition) is 1. The topological polar surface area (TPSA) is 29.1 Å². The summed E-state index contributed by atoms with van der Waals surface area (Å²) in [7, 11) is 0. The zero-order chi connectivity index (χ0) is 10.2. The third-order valence-electron chi connectivity index (χ3n) is 2.32. The smallest absolute Gasteiger partial charge is 0.252 e. The van der Waals surface area contributed by atoms with E-state index in [1.165, 1.54) is 11.3 Å². The van der Waals surface area contributed by atoms with E-state index in [2.05, 4.69) is 37.2 Å². The SMILES string of the molecule is O=C(NC1(CBr)CC1)c1csc(Br)c1. The van der Waals surface area contributed by atoms with Crippen molar-refractivity contribution in [1.82, 2.24) is 5.32 Å². The molecule has 1 N–H and O–H groups in total. The predicted octanol–water partition coefficient (Wildman–Crippen LogP) is 3.17. The molecule has 0 radical (unpaired) electrons. The molecule has 1 fully saturated rings. The summed E-state index contributed by atoms with van der Waals surface area (Å²) in [6.45, 7) is 0. The van der Waals surface area contributed by atoms with E-state index in [1.54, 1.807) is 0 Å². The average molecular weight is 339 g/mol. The molecule has 0 bridgehead atoms. The second-order valence-corrected chi connectivity index (χ2v) is 6.36. The summed E-state index contributed by atoms with van der Waals surface area (Å²) in [5.41, 5.74) is 0.778. The maximum atomic E-state index is 11.7. The largest absolute Gasteiger partial charge is 0.346 e. The van der Waals surface area contributed by atoms with Crippen LogP contribution in [0.4, 0.5) is 0 Å². The van der Waals surface area contributed by atoms with Crippen LogP contribution in [0.1, 0.15) is 23.2 Å². The number of nitrogens with one attached hydrogen (secondary N) is 1. The van der Waals surface area contributed by atoms with Crippen LogP contribution < -0.4 is 5.32 Å². The van der Waals surface area contributed by atoms with Crippen molar-refractivity contribution in [2.75, 3.05) is 5.33 Å². The molecule has 1 saturated carbocycles. The van der Waals surface area contributed by atoms with Crippen LogP contribution in [-0.4, -0.2) is 16.8 Å². The Hall–Kier alpha value is 0.130. The standard InChI is InChI=1S/C9H9Br2NOS/c10-5-9(1-2-9)12-8(13)6-3-7(11)14-4-6/h3-4H,1-2,5H2,(H,12,13). The number of thiophene rings is 1. The van der Waals surface area contributed by atoms with Crippen LogP contribution in [0.15, 0.2) is 15.2 Å². The maximum Gasteiger partial charge on any atom is 0.252 e. The van der Waals surface area contributed by atoms with Gasteiger partial charge in [0.05, 0.1) is 14.9 Å². The fourth-order valence-electron chi connectivity index (χ4n) is 1.19. The third-order valence-corrected chi connectivity index (χ3v) is 4.90. The summed E-state index contributed by atoms with van der Waals surface area (Å²) in [6, 6.07) is 1.85. The van der Waals surface area contributed by atoms with E-state index in [0.29, 0.717) is 0 Å². The quantitative estimate of drug-likeness (QED) is 0.843. The molecular formula is C9H9Br2NOS. The Bertz CT molecular complexity index is 359.